The summed E-state index contributed by atoms with van der Waals surface area (Å²) in [6.07, 6.45) is 4.65. The zero-order chi connectivity index (χ0) is 13.5. The number of unbranched alkanes of at least 4 members (excludes halogenated alkanes) is 3. The highest BCUT2D eigenvalue weighted by molar-refractivity contribution is 6.17. The Morgan fingerprint density at radius 3 is 2.53 bits per heavy atom. The highest BCUT2D eigenvalue weighted by atomic mass is 35.5. The number of benzene rings is 1. The van der Waals surface area contributed by atoms with Gasteiger partial charge in [0.1, 0.15) is 0 Å². The Hall–Kier alpha value is -1.35. The van der Waals surface area contributed by atoms with Crippen LogP contribution >= 0.6 is 11.6 Å². The molecule has 1 aromatic carbocycles. The smallest absolute Gasteiger partial charge is 0.156 e. The molecule has 0 atom stereocenters. The Labute approximate surface area is 119 Å². The van der Waals surface area contributed by atoms with Gasteiger partial charge in [-0.1, -0.05) is 37.1 Å². The lowest BCUT2D eigenvalue weighted by molar-refractivity contribution is 0.686. The molecule has 3 nitrogen and oxygen atoms in total. The summed E-state index contributed by atoms with van der Waals surface area (Å²) in [7, 11) is 0. The Kier molecular flexibility index (Phi) is 5.40. The molecule has 0 unspecified atom stereocenters. The van der Waals surface area contributed by atoms with E-state index in [0.29, 0.717) is 0 Å². The number of nitrogens with zero attached hydrogens (tertiary/aromatic N) is 2. The van der Waals surface area contributed by atoms with Crippen molar-refractivity contribution in [3.8, 4) is 0 Å². The van der Waals surface area contributed by atoms with Gasteiger partial charge in [0.25, 0.3) is 0 Å². The van der Waals surface area contributed by atoms with Gasteiger partial charge in [0, 0.05) is 23.2 Å². The largest absolute Gasteiger partial charge is 0.368 e. The van der Waals surface area contributed by atoms with E-state index in [2.05, 4.69) is 27.6 Å². The summed E-state index contributed by atoms with van der Waals surface area (Å²) in [5.41, 5.74) is 0.975. The molecule has 0 saturated carbocycles. The summed E-state index contributed by atoms with van der Waals surface area (Å²) < 4.78 is 0. The quantitative estimate of drug-likeness (QED) is 0.610. The molecule has 0 aliphatic carbocycles. The van der Waals surface area contributed by atoms with E-state index in [1.807, 2.05) is 19.1 Å². The molecule has 0 amide bonds. The maximum atomic E-state index is 5.66. The van der Waals surface area contributed by atoms with Gasteiger partial charge < -0.3 is 5.32 Å². The van der Waals surface area contributed by atoms with Crippen LogP contribution in [0, 0.1) is 6.92 Å². The molecule has 1 aromatic heterocycles. The van der Waals surface area contributed by atoms with E-state index in [1.54, 1.807) is 0 Å². The number of hydrogen-bond donors (Lipinski definition) is 1. The third kappa shape index (κ3) is 3.80. The Balaban J connectivity index is 1.96. The van der Waals surface area contributed by atoms with E-state index in [4.69, 9.17) is 11.6 Å². The second kappa shape index (κ2) is 7.29. The van der Waals surface area contributed by atoms with Crippen molar-refractivity contribution < 1.29 is 0 Å². The standard InChI is InChI=1S/C15H20ClN3/c1-12-13-8-4-5-9-14(13)15(19-18-12)17-11-7-3-2-6-10-16/h4-5,8-9H,2-3,6-7,10-11H2,1H3,(H,17,19). The SMILES string of the molecule is Cc1nnc(NCCCCCCCl)c2ccccc12. The highest BCUT2D eigenvalue weighted by Gasteiger charge is 2.04. The van der Waals surface area contributed by atoms with E-state index >= 15 is 0 Å². The predicted molar refractivity (Wildman–Crippen MR) is 82.0 cm³/mol. The zero-order valence-electron chi connectivity index (χ0n) is 11.3. The number of hydrogen-bond acceptors (Lipinski definition) is 3. The molecule has 2 aromatic rings. The molecule has 2 rings (SSSR count). The van der Waals surface area contributed by atoms with Gasteiger partial charge in [-0.25, -0.2) is 0 Å². The van der Waals surface area contributed by atoms with Gasteiger partial charge in [-0.2, -0.15) is 5.10 Å². The van der Waals surface area contributed by atoms with Crippen molar-refractivity contribution in [2.24, 2.45) is 0 Å². The van der Waals surface area contributed by atoms with Crippen LogP contribution in [0.25, 0.3) is 10.8 Å². The lowest BCUT2D eigenvalue weighted by atomic mass is 10.1. The van der Waals surface area contributed by atoms with Gasteiger partial charge in [0.2, 0.25) is 0 Å². The number of halogens is 1. The molecule has 1 heterocycles. The van der Waals surface area contributed by atoms with Crippen molar-refractivity contribution in [3.05, 3.63) is 30.0 Å². The molecule has 0 aliphatic rings. The van der Waals surface area contributed by atoms with E-state index < -0.39 is 0 Å². The molecule has 0 bridgehead atoms. The number of rotatable bonds is 7. The fourth-order valence-corrected chi connectivity index (χ4v) is 2.34. The van der Waals surface area contributed by atoms with Gasteiger partial charge >= 0.3 is 0 Å². The van der Waals surface area contributed by atoms with Crippen LogP contribution in [0.3, 0.4) is 0 Å². The zero-order valence-corrected chi connectivity index (χ0v) is 12.1. The molecule has 0 aliphatic heterocycles. The minimum Gasteiger partial charge on any atom is -0.368 e. The molecule has 1 N–H and O–H groups in total. The van der Waals surface area contributed by atoms with Crippen LogP contribution in [-0.2, 0) is 0 Å². The second-order valence-electron chi connectivity index (χ2n) is 4.71. The van der Waals surface area contributed by atoms with Crippen LogP contribution in [-0.4, -0.2) is 22.6 Å². The topological polar surface area (TPSA) is 37.8 Å². The number of fused-ring (bicyclic) bond motifs is 1. The maximum Gasteiger partial charge on any atom is 0.156 e. The van der Waals surface area contributed by atoms with E-state index in [1.165, 1.54) is 18.2 Å². The van der Waals surface area contributed by atoms with E-state index in [9.17, 15) is 0 Å². The average Bonchev–Trinajstić information content (AvgIpc) is 2.45. The first-order valence-corrected chi connectivity index (χ1v) is 7.38. The van der Waals surface area contributed by atoms with Crippen molar-refractivity contribution in [1.29, 1.82) is 0 Å². The Bertz CT molecular complexity index is 528. The molecule has 0 spiro atoms. The molecule has 0 saturated heterocycles. The van der Waals surface area contributed by atoms with Crippen LogP contribution in [0.5, 0.6) is 0 Å². The minimum atomic E-state index is 0.765. The van der Waals surface area contributed by atoms with Gasteiger partial charge in [0.05, 0.1) is 5.69 Å². The van der Waals surface area contributed by atoms with Crippen LogP contribution in [0.2, 0.25) is 0 Å². The van der Waals surface area contributed by atoms with E-state index in [-0.39, 0.29) is 0 Å². The van der Waals surface area contributed by atoms with Crippen molar-refractivity contribution in [2.75, 3.05) is 17.7 Å². The lowest BCUT2D eigenvalue weighted by Crippen LogP contribution is -2.05. The number of aromatic nitrogens is 2. The summed E-state index contributed by atoms with van der Waals surface area (Å²) in [5, 5.41) is 14.2. The Morgan fingerprint density at radius 2 is 1.74 bits per heavy atom. The molecular formula is C15H20ClN3. The van der Waals surface area contributed by atoms with Crippen LogP contribution in [0.4, 0.5) is 5.82 Å². The monoisotopic (exact) mass is 277 g/mol. The maximum absolute atomic E-state index is 5.66. The van der Waals surface area contributed by atoms with Gasteiger partial charge in [-0.15, -0.1) is 16.7 Å². The molecular weight excluding hydrogens is 258 g/mol. The van der Waals surface area contributed by atoms with Crippen LogP contribution < -0.4 is 5.32 Å². The summed E-state index contributed by atoms with van der Waals surface area (Å²) in [6, 6.07) is 8.25. The number of nitrogens with one attached hydrogen (secondary N) is 1. The molecule has 19 heavy (non-hydrogen) atoms. The van der Waals surface area contributed by atoms with Gasteiger partial charge in [0.15, 0.2) is 5.82 Å². The van der Waals surface area contributed by atoms with Crippen molar-refractivity contribution >= 4 is 28.2 Å². The summed E-state index contributed by atoms with van der Waals surface area (Å²) >= 11 is 5.66. The van der Waals surface area contributed by atoms with Crippen molar-refractivity contribution in [2.45, 2.75) is 32.6 Å². The molecule has 102 valence electrons. The molecule has 0 radical (unpaired) electrons. The van der Waals surface area contributed by atoms with Crippen molar-refractivity contribution in [1.82, 2.24) is 10.2 Å². The average molecular weight is 278 g/mol. The second-order valence-corrected chi connectivity index (χ2v) is 5.09. The van der Waals surface area contributed by atoms with Crippen LogP contribution in [0.15, 0.2) is 24.3 Å². The van der Waals surface area contributed by atoms with Crippen LogP contribution in [0.1, 0.15) is 31.4 Å². The third-order valence-electron chi connectivity index (χ3n) is 3.22. The number of aryl methyl sites for hydroxylation is 1. The fraction of sp³-hybridized carbons (Fsp3) is 0.467. The fourth-order valence-electron chi connectivity index (χ4n) is 2.15. The first-order valence-electron chi connectivity index (χ1n) is 6.85. The van der Waals surface area contributed by atoms with Gasteiger partial charge in [-0.05, 0) is 19.8 Å². The number of alkyl halides is 1. The first kappa shape index (κ1) is 14.1. The first-order chi connectivity index (χ1) is 9.33. The van der Waals surface area contributed by atoms with Crippen molar-refractivity contribution in [3.63, 3.8) is 0 Å². The minimum absolute atomic E-state index is 0.765. The normalized spacial score (nSPS) is 10.8. The summed E-state index contributed by atoms with van der Waals surface area (Å²) in [6.45, 7) is 2.93. The summed E-state index contributed by atoms with van der Waals surface area (Å²) in [5.74, 6) is 1.65. The lowest BCUT2D eigenvalue weighted by Gasteiger charge is -2.09. The predicted octanol–water partition coefficient (Wildman–Crippen LogP) is 4.15. The third-order valence-corrected chi connectivity index (χ3v) is 3.49. The molecule has 4 heteroatoms. The highest BCUT2D eigenvalue weighted by Crippen LogP contribution is 2.22. The number of anilines is 1. The molecule has 0 fully saturated rings. The van der Waals surface area contributed by atoms with E-state index in [0.717, 1.165) is 42.2 Å². The Morgan fingerprint density at radius 1 is 1.00 bits per heavy atom. The summed E-state index contributed by atoms with van der Waals surface area (Å²) in [4.78, 5) is 0. The van der Waals surface area contributed by atoms with Gasteiger partial charge in [-0.3, -0.25) is 0 Å².